The summed E-state index contributed by atoms with van der Waals surface area (Å²) in [6, 6.07) is 17.6. The van der Waals surface area contributed by atoms with Crippen molar-refractivity contribution < 1.29 is 37.5 Å². The number of likely N-dealkylation sites (tertiary alicyclic amines) is 2. The summed E-state index contributed by atoms with van der Waals surface area (Å²) in [5.41, 5.74) is 2.15. The number of carboxylic acid groups (broad SMARTS) is 1. The van der Waals surface area contributed by atoms with Crippen molar-refractivity contribution in [1.29, 1.82) is 0 Å². The zero-order chi connectivity index (χ0) is 28.5. The highest BCUT2D eigenvalue weighted by molar-refractivity contribution is 6.10. The van der Waals surface area contributed by atoms with Crippen molar-refractivity contribution in [2.75, 3.05) is 13.1 Å². The van der Waals surface area contributed by atoms with Crippen molar-refractivity contribution >= 4 is 23.7 Å². The summed E-state index contributed by atoms with van der Waals surface area (Å²) in [6.45, 7) is 5.36. The SMILES string of the molecule is CCN1C(=O)[C@H]2[C@@H](c3ccccc3)N[C@]3(CCCN(Cc4ccc(C)cc4)C3=O)[C@H]2C1=O.O=C(O)C(F)(F)F. The minimum Gasteiger partial charge on any atom is -0.475 e. The Labute approximate surface area is 223 Å². The van der Waals surface area contributed by atoms with Crippen LogP contribution in [0.2, 0.25) is 0 Å². The molecule has 2 aromatic rings. The summed E-state index contributed by atoms with van der Waals surface area (Å²) in [6.07, 6.45) is -3.72. The molecule has 0 saturated carbocycles. The van der Waals surface area contributed by atoms with E-state index in [0.717, 1.165) is 17.5 Å². The summed E-state index contributed by atoms with van der Waals surface area (Å²) in [5, 5.41) is 10.7. The fourth-order valence-electron chi connectivity index (χ4n) is 5.85. The number of amides is 3. The van der Waals surface area contributed by atoms with Gasteiger partial charge in [-0.2, -0.15) is 13.2 Å². The normalized spacial score (nSPS) is 26.5. The lowest BCUT2D eigenvalue weighted by Gasteiger charge is -2.42. The van der Waals surface area contributed by atoms with Gasteiger partial charge >= 0.3 is 12.1 Å². The molecule has 39 heavy (non-hydrogen) atoms. The molecule has 8 nitrogen and oxygen atoms in total. The molecule has 3 fully saturated rings. The average Bonchev–Trinajstić information content (AvgIpc) is 3.37. The first kappa shape index (κ1) is 28.3. The van der Waals surface area contributed by atoms with Crippen molar-refractivity contribution in [3.8, 4) is 0 Å². The molecule has 0 aliphatic carbocycles. The number of fused-ring (bicyclic) bond motifs is 2. The third-order valence-corrected chi connectivity index (χ3v) is 7.62. The minimum absolute atomic E-state index is 0.0585. The number of hydrogen-bond donors (Lipinski definition) is 2. The summed E-state index contributed by atoms with van der Waals surface area (Å²) >= 11 is 0. The molecule has 0 bridgehead atoms. The number of imide groups is 1. The smallest absolute Gasteiger partial charge is 0.475 e. The molecule has 208 valence electrons. The van der Waals surface area contributed by atoms with Crippen LogP contribution in [0.4, 0.5) is 13.2 Å². The van der Waals surface area contributed by atoms with Crippen molar-refractivity contribution in [3.05, 3.63) is 71.3 Å². The molecule has 2 N–H and O–H groups in total. The van der Waals surface area contributed by atoms with Crippen molar-refractivity contribution in [2.24, 2.45) is 11.8 Å². The van der Waals surface area contributed by atoms with E-state index >= 15 is 0 Å². The van der Waals surface area contributed by atoms with E-state index in [4.69, 9.17) is 9.90 Å². The molecule has 3 aliphatic heterocycles. The summed E-state index contributed by atoms with van der Waals surface area (Å²) in [4.78, 5) is 52.8. The molecule has 11 heteroatoms. The van der Waals surface area contributed by atoms with Crippen LogP contribution in [0.25, 0.3) is 0 Å². The molecule has 3 heterocycles. The Morgan fingerprint density at radius 1 is 1.05 bits per heavy atom. The molecule has 3 amide bonds. The maximum atomic E-state index is 14.0. The zero-order valence-electron chi connectivity index (χ0n) is 21.6. The van der Waals surface area contributed by atoms with Crippen LogP contribution in [-0.2, 0) is 25.7 Å². The van der Waals surface area contributed by atoms with E-state index in [-0.39, 0.29) is 23.8 Å². The van der Waals surface area contributed by atoms with Crippen LogP contribution in [0.1, 0.15) is 42.5 Å². The standard InChI is InChI=1S/C26H29N3O3.C2HF3O2/c1-3-29-23(30)20-21(24(29)31)26(27-22(20)19-8-5-4-6-9-19)14-7-15-28(25(26)32)16-18-12-10-17(2)11-13-18;3-2(4,5)1(6)7/h4-6,8-13,20-22,27H,3,7,14-16H2,1-2H3;(H,6,7)/t20-,21-,22-,26-;/m1./s1. The monoisotopic (exact) mass is 545 g/mol. The van der Waals surface area contributed by atoms with E-state index in [9.17, 15) is 27.6 Å². The molecule has 3 saturated heterocycles. The molecule has 0 aromatic heterocycles. The van der Waals surface area contributed by atoms with Gasteiger partial charge in [0.15, 0.2) is 0 Å². The van der Waals surface area contributed by atoms with Crippen LogP contribution in [0.5, 0.6) is 0 Å². The van der Waals surface area contributed by atoms with Gasteiger partial charge in [-0.1, -0.05) is 60.2 Å². The number of aliphatic carboxylic acids is 1. The first-order valence-electron chi connectivity index (χ1n) is 12.7. The Hall–Kier alpha value is -3.73. The summed E-state index contributed by atoms with van der Waals surface area (Å²) in [5.74, 6) is -4.39. The highest BCUT2D eigenvalue weighted by Gasteiger charge is 2.68. The third-order valence-electron chi connectivity index (χ3n) is 7.62. The molecule has 3 aliphatic rings. The highest BCUT2D eigenvalue weighted by Crippen LogP contribution is 2.51. The van der Waals surface area contributed by atoms with Crippen molar-refractivity contribution in [1.82, 2.24) is 15.1 Å². The Morgan fingerprint density at radius 3 is 2.23 bits per heavy atom. The first-order valence-corrected chi connectivity index (χ1v) is 12.7. The van der Waals surface area contributed by atoms with Crippen LogP contribution in [0, 0.1) is 18.8 Å². The Morgan fingerprint density at radius 2 is 1.67 bits per heavy atom. The van der Waals surface area contributed by atoms with Crippen LogP contribution < -0.4 is 5.32 Å². The van der Waals surface area contributed by atoms with Gasteiger partial charge in [0.1, 0.15) is 5.54 Å². The fraction of sp³-hybridized carbons (Fsp3) is 0.429. The van der Waals surface area contributed by atoms with Gasteiger partial charge in [0.05, 0.1) is 11.8 Å². The van der Waals surface area contributed by atoms with Crippen molar-refractivity contribution in [3.63, 3.8) is 0 Å². The number of nitrogens with zero attached hydrogens (tertiary/aromatic N) is 2. The largest absolute Gasteiger partial charge is 0.490 e. The van der Waals surface area contributed by atoms with Gasteiger partial charge in [-0.15, -0.1) is 0 Å². The molecule has 4 atom stereocenters. The average molecular weight is 546 g/mol. The van der Waals surface area contributed by atoms with Gasteiger partial charge in [0.25, 0.3) is 0 Å². The molecule has 2 aromatic carbocycles. The van der Waals surface area contributed by atoms with Gasteiger partial charge < -0.3 is 10.0 Å². The number of halogens is 3. The molecular formula is C28H30F3N3O5. The zero-order valence-corrected chi connectivity index (χ0v) is 21.6. The third kappa shape index (κ3) is 5.27. The van der Waals surface area contributed by atoms with Gasteiger partial charge in [0.2, 0.25) is 17.7 Å². The number of alkyl halides is 3. The lowest BCUT2D eigenvalue weighted by atomic mass is 9.74. The number of carbonyl (C=O) groups is 4. The molecular weight excluding hydrogens is 515 g/mol. The van der Waals surface area contributed by atoms with Crippen LogP contribution in [0.15, 0.2) is 54.6 Å². The number of carboxylic acids is 1. The fourth-order valence-corrected chi connectivity index (χ4v) is 5.85. The second-order valence-electron chi connectivity index (χ2n) is 10.0. The number of hydrogen-bond acceptors (Lipinski definition) is 5. The molecule has 1 spiro atoms. The van der Waals surface area contributed by atoms with E-state index in [1.807, 2.05) is 73.3 Å². The maximum absolute atomic E-state index is 14.0. The minimum atomic E-state index is -5.08. The predicted molar refractivity (Wildman–Crippen MR) is 134 cm³/mol. The summed E-state index contributed by atoms with van der Waals surface area (Å²) in [7, 11) is 0. The number of piperidine rings is 1. The number of aryl methyl sites for hydroxylation is 1. The first-order chi connectivity index (χ1) is 18.4. The molecule has 5 rings (SSSR count). The number of rotatable bonds is 4. The topological polar surface area (TPSA) is 107 Å². The van der Waals surface area contributed by atoms with Crippen molar-refractivity contribution in [2.45, 2.75) is 51.0 Å². The van der Waals surface area contributed by atoms with E-state index < -0.39 is 29.5 Å². The lowest BCUT2D eigenvalue weighted by Crippen LogP contribution is -2.63. The Kier molecular flexibility index (Phi) is 7.83. The maximum Gasteiger partial charge on any atom is 0.490 e. The van der Waals surface area contributed by atoms with E-state index in [2.05, 4.69) is 5.32 Å². The number of carbonyl (C=O) groups excluding carboxylic acids is 3. The Bertz CT molecular complexity index is 1250. The molecule has 0 unspecified atom stereocenters. The molecule has 0 radical (unpaired) electrons. The van der Waals surface area contributed by atoms with E-state index in [1.165, 1.54) is 10.5 Å². The van der Waals surface area contributed by atoms with E-state index in [0.29, 0.717) is 26.1 Å². The van der Waals surface area contributed by atoms with Gasteiger partial charge in [-0.25, -0.2) is 4.79 Å². The highest BCUT2D eigenvalue weighted by atomic mass is 19.4. The number of nitrogens with one attached hydrogen (secondary N) is 1. The van der Waals surface area contributed by atoms with Gasteiger partial charge in [0, 0.05) is 25.7 Å². The number of benzene rings is 2. The Balaban J connectivity index is 0.000000448. The van der Waals surface area contributed by atoms with Gasteiger partial charge in [-0.3, -0.25) is 24.6 Å². The van der Waals surface area contributed by atoms with Crippen LogP contribution in [0.3, 0.4) is 0 Å². The second kappa shape index (κ2) is 10.8. The van der Waals surface area contributed by atoms with Crippen LogP contribution in [-0.4, -0.2) is 63.4 Å². The lowest BCUT2D eigenvalue weighted by molar-refractivity contribution is -0.192. The quantitative estimate of drug-likeness (QED) is 0.570. The van der Waals surface area contributed by atoms with Gasteiger partial charge in [-0.05, 0) is 37.8 Å². The second-order valence-corrected chi connectivity index (χ2v) is 10.0. The van der Waals surface area contributed by atoms with Crippen LogP contribution >= 0.6 is 0 Å². The van der Waals surface area contributed by atoms with E-state index in [1.54, 1.807) is 0 Å². The predicted octanol–water partition coefficient (Wildman–Crippen LogP) is 3.46. The summed E-state index contributed by atoms with van der Waals surface area (Å²) < 4.78 is 31.7.